The molecule has 0 aliphatic heterocycles. The predicted molar refractivity (Wildman–Crippen MR) is 41.0 cm³/mol. The Morgan fingerprint density at radius 3 is 2.07 bits per heavy atom. The van der Waals surface area contributed by atoms with Crippen LogP contribution in [-0.2, 0) is 24.0 Å². The standard InChI is InChI=1S/C3H7O9PS/c4-3(5)2(1-14(9,10)11)12-13(6,7)8/h2H,1H2,(H,4,5)(H2,6,7,8)(H,9,10,11). The highest BCUT2D eigenvalue weighted by Crippen LogP contribution is 2.37. The first-order valence-corrected chi connectivity index (χ1v) is 6.07. The summed E-state index contributed by atoms with van der Waals surface area (Å²) in [7, 11) is -9.81. The van der Waals surface area contributed by atoms with Crippen LogP contribution < -0.4 is 0 Å². The number of carbonyl (C=O) groups is 1. The van der Waals surface area contributed by atoms with Gasteiger partial charge in [-0.15, -0.1) is 0 Å². The number of carboxylic acids is 1. The summed E-state index contributed by atoms with van der Waals surface area (Å²) < 4.78 is 42.4. The maximum atomic E-state index is 10.2. The lowest BCUT2D eigenvalue weighted by Crippen LogP contribution is -2.30. The number of hydrogen-bond acceptors (Lipinski definition) is 5. The van der Waals surface area contributed by atoms with Crippen LogP contribution in [-0.4, -0.2) is 45.7 Å². The lowest BCUT2D eigenvalue weighted by atomic mass is 10.4. The average Bonchev–Trinajstić information content (AvgIpc) is 1.78. The van der Waals surface area contributed by atoms with E-state index in [-0.39, 0.29) is 0 Å². The van der Waals surface area contributed by atoms with E-state index in [4.69, 9.17) is 19.4 Å². The normalized spacial score (nSPS) is 15.1. The minimum atomic E-state index is -5.12. The Morgan fingerprint density at radius 1 is 1.43 bits per heavy atom. The molecule has 0 aliphatic rings. The van der Waals surface area contributed by atoms with Crippen molar-refractivity contribution >= 4 is 23.9 Å². The number of carboxylic acid groups (broad SMARTS) is 1. The van der Waals surface area contributed by atoms with Gasteiger partial charge in [0.2, 0.25) is 0 Å². The summed E-state index contributed by atoms with van der Waals surface area (Å²) in [6.45, 7) is 0. The van der Waals surface area contributed by atoms with Gasteiger partial charge in [-0.25, -0.2) is 9.36 Å². The summed E-state index contributed by atoms with van der Waals surface area (Å²) >= 11 is 0. The van der Waals surface area contributed by atoms with Gasteiger partial charge in [-0.3, -0.25) is 9.08 Å². The fourth-order valence-electron chi connectivity index (χ4n) is 0.504. The molecule has 0 spiro atoms. The third-order valence-electron chi connectivity index (χ3n) is 0.902. The van der Waals surface area contributed by atoms with E-state index in [0.29, 0.717) is 0 Å². The molecule has 0 fully saturated rings. The summed E-state index contributed by atoms with van der Waals surface area (Å²) in [5.74, 6) is -3.35. The minimum Gasteiger partial charge on any atom is -0.479 e. The first kappa shape index (κ1) is 13.5. The van der Waals surface area contributed by atoms with E-state index < -0.39 is 35.8 Å². The highest BCUT2D eigenvalue weighted by molar-refractivity contribution is 7.85. The quantitative estimate of drug-likeness (QED) is 0.334. The number of phosphoric acid groups is 1. The van der Waals surface area contributed by atoms with Gasteiger partial charge in [-0.2, -0.15) is 8.42 Å². The first-order valence-electron chi connectivity index (χ1n) is 2.93. The van der Waals surface area contributed by atoms with Crippen molar-refractivity contribution in [3.05, 3.63) is 0 Å². The summed E-state index contributed by atoms with van der Waals surface area (Å²) in [5.41, 5.74) is 0. The summed E-state index contributed by atoms with van der Waals surface area (Å²) in [5, 5.41) is 8.26. The van der Waals surface area contributed by atoms with Crippen molar-refractivity contribution in [2.75, 3.05) is 5.75 Å². The largest absolute Gasteiger partial charge is 0.479 e. The Hall–Kier alpha value is -0.510. The van der Waals surface area contributed by atoms with E-state index >= 15 is 0 Å². The van der Waals surface area contributed by atoms with Crippen LogP contribution in [0.2, 0.25) is 0 Å². The molecule has 0 bridgehead atoms. The Labute approximate surface area is 78.3 Å². The third kappa shape index (κ3) is 6.95. The molecular formula is C3H7O9PS. The molecule has 0 saturated carbocycles. The van der Waals surface area contributed by atoms with Crippen molar-refractivity contribution in [2.45, 2.75) is 6.10 Å². The molecule has 11 heteroatoms. The zero-order chi connectivity index (χ0) is 11.6. The molecule has 0 aromatic carbocycles. The van der Waals surface area contributed by atoms with Crippen LogP contribution in [0.4, 0.5) is 0 Å². The second-order valence-electron chi connectivity index (χ2n) is 2.17. The predicted octanol–water partition coefficient (Wildman–Crippen LogP) is -1.56. The van der Waals surface area contributed by atoms with E-state index in [1.807, 2.05) is 0 Å². The maximum absolute atomic E-state index is 10.2. The van der Waals surface area contributed by atoms with Gasteiger partial charge in [0.1, 0.15) is 5.75 Å². The fourth-order valence-corrected chi connectivity index (χ4v) is 1.69. The number of rotatable bonds is 5. The molecule has 1 unspecified atom stereocenters. The molecule has 0 amide bonds. The van der Waals surface area contributed by atoms with Crippen LogP contribution >= 0.6 is 7.82 Å². The van der Waals surface area contributed by atoms with Gasteiger partial charge < -0.3 is 14.9 Å². The molecule has 0 aromatic heterocycles. The summed E-state index contributed by atoms with van der Waals surface area (Å²) in [6.07, 6.45) is -2.31. The maximum Gasteiger partial charge on any atom is 0.470 e. The Balaban J connectivity index is 4.65. The molecule has 9 nitrogen and oxygen atoms in total. The smallest absolute Gasteiger partial charge is 0.470 e. The first-order chi connectivity index (χ1) is 6.01. The van der Waals surface area contributed by atoms with E-state index in [0.717, 1.165) is 0 Å². The summed E-state index contributed by atoms with van der Waals surface area (Å²) in [4.78, 5) is 26.6. The molecule has 0 heterocycles. The van der Waals surface area contributed by atoms with E-state index in [9.17, 15) is 17.8 Å². The number of aliphatic carboxylic acids is 1. The van der Waals surface area contributed by atoms with Crippen molar-refractivity contribution in [3.8, 4) is 0 Å². The second kappa shape index (κ2) is 4.34. The van der Waals surface area contributed by atoms with Crippen LogP contribution in [0, 0.1) is 0 Å². The van der Waals surface area contributed by atoms with Gasteiger partial charge in [-0.05, 0) is 0 Å². The van der Waals surface area contributed by atoms with Crippen LogP contribution in [0.15, 0.2) is 0 Å². The molecule has 0 saturated heterocycles. The van der Waals surface area contributed by atoms with Crippen LogP contribution in [0.3, 0.4) is 0 Å². The highest BCUT2D eigenvalue weighted by atomic mass is 32.2. The van der Waals surface area contributed by atoms with Crippen LogP contribution in [0.5, 0.6) is 0 Å². The Bertz CT molecular complexity index is 350. The second-order valence-corrected chi connectivity index (χ2v) is 4.86. The van der Waals surface area contributed by atoms with Gasteiger partial charge >= 0.3 is 13.8 Å². The molecule has 0 rings (SSSR count). The molecule has 4 N–H and O–H groups in total. The Morgan fingerprint density at radius 2 is 1.86 bits per heavy atom. The van der Waals surface area contributed by atoms with E-state index in [1.54, 1.807) is 0 Å². The third-order valence-corrected chi connectivity index (χ3v) is 2.16. The molecule has 14 heavy (non-hydrogen) atoms. The topological polar surface area (TPSA) is 158 Å². The van der Waals surface area contributed by atoms with Crippen LogP contribution in [0.25, 0.3) is 0 Å². The molecule has 1 atom stereocenters. The van der Waals surface area contributed by atoms with Crippen molar-refractivity contribution in [2.24, 2.45) is 0 Å². The average molecular weight is 250 g/mol. The SMILES string of the molecule is O=C(O)C(CS(=O)(=O)O)OP(=O)(O)O. The lowest BCUT2D eigenvalue weighted by Gasteiger charge is -2.11. The summed E-state index contributed by atoms with van der Waals surface area (Å²) in [6, 6.07) is 0. The molecule has 84 valence electrons. The van der Waals surface area contributed by atoms with Crippen molar-refractivity contribution in [3.63, 3.8) is 0 Å². The number of phosphoric ester groups is 1. The van der Waals surface area contributed by atoms with Crippen molar-refractivity contribution < 1.29 is 41.7 Å². The molecule has 0 aromatic rings. The van der Waals surface area contributed by atoms with Gasteiger partial charge in [0.15, 0.2) is 6.10 Å². The minimum absolute atomic E-state index is 1.44. The van der Waals surface area contributed by atoms with E-state index in [2.05, 4.69) is 4.52 Å². The number of hydrogen-bond donors (Lipinski definition) is 4. The monoisotopic (exact) mass is 250 g/mol. The molecule has 0 radical (unpaired) electrons. The lowest BCUT2D eigenvalue weighted by molar-refractivity contribution is -0.144. The van der Waals surface area contributed by atoms with Crippen LogP contribution in [0.1, 0.15) is 0 Å². The van der Waals surface area contributed by atoms with Crippen molar-refractivity contribution in [1.29, 1.82) is 0 Å². The van der Waals surface area contributed by atoms with Gasteiger partial charge in [0.05, 0.1) is 0 Å². The molecule has 0 aliphatic carbocycles. The zero-order valence-electron chi connectivity index (χ0n) is 6.47. The zero-order valence-corrected chi connectivity index (χ0v) is 8.18. The Kier molecular flexibility index (Phi) is 4.18. The van der Waals surface area contributed by atoms with Gasteiger partial charge in [0.25, 0.3) is 10.1 Å². The van der Waals surface area contributed by atoms with Crippen molar-refractivity contribution in [1.82, 2.24) is 0 Å². The fraction of sp³-hybridized carbons (Fsp3) is 0.667. The highest BCUT2D eigenvalue weighted by Gasteiger charge is 2.31. The van der Waals surface area contributed by atoms with Gasteiger partial charge in [0, 0.05) is 0 Å². The molecular weight excluding hydrogens is 243 g/mol. The van der Waals surface area contributed by atoms with Gasteiger partial charge in [-0.1, -0.05) is 0 Å². The van der Waals surface area contributed by atoms with E-state index in [1.165, 1.54) is 0 Å².